The van der Waals surface area contributed by atoms with Crippen molar-refractivity contribution in [2.45, 2.75) is 6.92 Å². The lowest BCUT2D eigenvalue weighted by molar-refractivity contribution is -0.119. The molecule has 1 N–H and O–H groups in total. The van der Waals surface area contributed by atoms with Crippen LogP contribution in [0.3, 0.4) is 0 Å². The van der Waals surface area contributed by atoms with E-state index >= 15 is 0 Å². The molecule has 0 radical (unpaired) electrons. The smallest absolute Gasteiger partial charge is 0.260 e. The molecule has 0 saturated carbocycles. The summed E-state index contributed by atoms with van der Waals surface area (Å²) in [5.74, 6) is -0.0240. The highest BCUT2D eigenvalue weighted by Gasteiger charge is 2.20. The fourth-order valence-electron chi connectivity index (χ4n) is 2.24. The van der Waals surface area contributed by atoms with Gasteiger partial charge in [0, 0.05) is 5.56 Å². The van der Waals surface area contributed by atoms with E-state index in [1.165, 1.54) is 6.21 Å². The van der Waals surface area contributed by atoms with Crippen molar-refractivity contribution in [3.8, 4) is 5.75 Å². The van der Waals surface area contributed by atoms with Crippen LogP contribution in [0.4, 0.5) is 5.69 Å². The number of benzene rings is 2. The van der Waals surface area contributed by atoms with Crippen LogP contribution in [0, 0.1) is 0 Å². The number of nitrogens with zero attached hydrogens (tertiary/aromatic N) is 2. The third-order valence-electron chi connectivity index (χ3n) is 3.51. The molecule has 1 amide bonds. The number of carbonyl (C=O) groups excluding carboxylic acids is 1. The fraction of sp³-hybridized carbons (Fsp3) is 0.222. The highest BCUT2D eigenvalue weighted by atomic mass is 35.5. The zero-order valence-electron chi connectivity index (χ0n) is 15.2. The molecular formula is C18H19Cl2N3O4S. The van der Waals surface area contributed by atoms with Gasteiger partial charge in [-0.3, -0.25) is 9.10 Å². The first-order valence-electron chi connectivity index (χ1n) is 8.19. The van der Waals surface area contributed by atoms with Crippen LogP contribution in [0.2, 0.25) is 10.0 Å². The quantitative estimate of drug-likeness (QED) is 0.500. The van der Waals surface area contributed by atoms with Crippen LogP contribution < -0.4 is 14.5 Å². The average Bonchev–Trinajstić information content (AvgIpc) is 2.62. The largest absolute Gasteiger partial charge is 0.494 e. The zero-order chi connectivity index (χ0) is 20.7. The first kappa shape index (κ1) is 22.0. The summed E-state index contributed by atoms with van der Waals surface area (Å²) in [6.07, 6.45) is 2.31. The molecule has 0 aromatic heterocycles. The molecule has 0 aliphatic heterocycles. The molecule has 0 heterocycles. The summed E-state index contributed by atoms with van der Waals surface area (Å²) in [5, 5.41) is 4.54. The predicted molar refractivity (Wildman–Crippen MR) is 112 cm³/mol. The maximum absolute atomic E-state index is 12.2. The molecular weight excluding hydrogens is 425 g/mol. The van der Waals surface area contributed by atoms with Crippen LogP contribution in [0.25, 0.3) is 0 Å². The summed E-state index contributed by atoms with van der Waals surface area (Å²) in [6, 6.07) is 11.3. The number of ether oxygens (including phenoxy) is 1. The van der Waals surface area contributed by atoms with E-state index in [9.17, 15) is 13.2 Å². The Kier molecular flexibility index (Phi) is 7.68. The zero-order valence-corrected chi connectivity index (χ0v) is 17.6. The normalized spacial score (nSPS) is 11.4. The first-order valence-corrected chi connectivity index (χ1v) is 10.8. The predicted octanol–water partition coefficient (Wildman–Crippen LogP) is 3.31. The third kappa shape index (κ3) is 6.12. The second kappa shape index (κ2) is 9.77. The number of rotatable bonds is 8. The second-order valence-electron chi connectivity index (χ2n) is 5.63. The van der Waals surface area contributed by atoms with Gasteiger partial charge in [0.25, 0.3) is 5.91 Å². The minimum atomic E-state index is -3.69. The van der Waals surface area contributed by atoms with Gasteiger partial charge in [-0.25, -0.2) is 13.8 Å². The van der Waals surface area contributed by atoms with Crippen molar-refractivity contribution in [3.05, 3.63) is 58.1 Å². The molecule has 10 heteroatoms. The molecule has 0 aliphatic carbocycles. The summed E-state index contributed by atoms with van der Waals surface area (Å²) in [7, 11) is -3.69. The molecule has 0 unspecified atom stereocenters. The van der Waals surface area contributed by atoms with Gasteiger partial charge in [-0.15, -0.1) is 0 Å². The monoisotopic (exact) mass is 443 g/mol. The molecule has 2 aromatic carbocycles. The summed E-state index contributed by atoms with van der Waals surface area (Å²) < 4.78 is 30.5. The molecule has 28 heavy (non-hydrogen) atoms. The standard InChI is InChI=1S/C18H19Cl2N3O4S/c1-3-27-14-9-7-13(8-10-14)23(28(2,25)26)12-18(24)22-21-11-15-16(19)5-4-6-17(15)20/h4-11H,3,12H2,1-2H3,(H,22,24)/b21-11-. The van der Waals surface area contributed by atoms with E-state index in [1.54, 1.807) is 42.5 Å². The number of carbonyl (C=O) groups is 1. The number of hydrogen-bond acceptors (Lipinski definition) is 5. The van der Waals surface area contributed by atoms with Gasteiger partial charge in [-0.1, -0.05) is 29.3 Å². The Labute approximate surface area is 173 Å². The van der Waals surface area contributed by atoms with Crippen LogP contribution in [0.5, 0.6) is 5.75 Å². The second-order valence-corrected chi connectivity index (χ2v) is 8.35. The molecule has 150 valence electrons. The Morgan fingerprint density at radius 2 is 1.79 bits per heavy atom. The van der Waals surface area contributed by atoms with Crippen molar-refractivity contribution in [2.75, 3.05) is 23.7 Å². The van der Waals surface area contributed by atoms with Gasteiger partial charge >= 0.3 is 0 Å². The highest BCUT2D eigenvalue weighted by Crippen LogP contribution is 2.23. The van der Waals surface area contributed by atoms with Crippen molar-refractivity contribution in [3.63, 3.8) is 0 Å². The molecule has 0 saturated heterocycles. The Balaban J connectivity index is 2.10. The first-order chi connectivity index (χ1) is 13.2. The van der Waals surface area contributed by atoms with E-state index in [0.29, 0.717) is 33.7 Å². The molecule has 2 rings (SSSR count). The Morgan fingerprint density at radius 1 is 1.18 bits per heavy atom. The molecule has 0 bridgehead atoms. The Bertz CT molecular complexity index is 943. The number of hydrogen-bond donors (Lipinski definition) is 1. The molecule has 0 aliphatic rings. The van der Waals surface area contributed by atoms with E-state index < -0.39 is 22.5 Å². The lowest BCUT2D eigenvalue weighted by Crippen LogP contribution is -2.39. The summed E-state index contributed by atoms with van der Waals surface area (Å²) in [4.78, 5) is 12.2. The van der Waals surface area contributed by atoms with Crippen molar-refractivity contribution in [2.24, 2.45) is 5.10 Å². The number of anilines is 1. The lowest BCUT2D eigenvalue weighted by atomic mass is 10.2. The number of sulfonamides is 1. The van der Waals surface area contributed by atoms with Crippen molar-refractivity contribution >= 4 is 51.0 Å². The Hall–Kier alpha value is -2.29. The van der Waals surface area contributed by atoms with E-state index in [-0.39, 0.29) is 0 Å². The van der Waals surface area contributed by atoms with Crippen LogP contribution >= 0.6 is 23.2 Å². The summed E-state index contributed by atoms with van der Waals surface area (Å²) in [5.41, 5.74) is 3.05. The van der Waals surface area contributed by atoms with E-state index in [1.807, 2.05) is 6.92 Å². The molecule has 0 spiro atoms. The van der Waals surface area contributed by atoms with E-state index in [2.05, 4.69) is 10.5 Å². The topological polar surface area (TPSA) is 88.1 Å². The fourth-order valence-corrected chi connectivity index (χ4v) is 3.60. The van der Waals surface area contributed by atoms with Gasteiger partial charge in [0.1, 0.15) is 12.3 Å². The van der Waals surface area contributed by atoms with Crippen LogP contribution in [-0.2, 0) is 14.8 Å². The van der Waals surface area contributed by atoms with Gasteiger partial charge in [0.2, 0.25) is 10.0 Å². The van der Waals surface area contributed by atoms with Gasteiger partial charge in [-0.2, -0.15) is 5.10 Å². The van der Waals surface area contributed by atoms with Crippen molar-refractivity contribution in [1.29, 1.82) is 0 Å². The minimum absolute atomic E-state index is 0.333. The van der Waals surface area contributed by atoms with Gasteiger partial charge < -0.3 is 4.74 Å². The number of halogens is 2. The third-order valence-corrected chi connectivity index (χ3v) is 5.31. The molecule has 7 nitrogen and oxygen atoms in total. The Morgan fingerprint density at radius 3 is 2.32 bits per heavy atom. The van der Waals surface area contributed by atoms with Crippen LogP contribution in [-0.4, -0.2) is 39.9 Å². The molecule has 0 fully saturated rings. The van der Waals surface area contributed by atoms with Gasteiger partial charge in [0.05, 0.1) is 34.8 Å². The maximum atomic E-state index is 12.2. The van der Waals surface area contributed by atoms with Gasteiger partial charge in [-0.05, 0) is 43.3 Å². The van der Waals surface area contributed by atoms with Crippen LogP contribution in [0.15, 0.2) is 47.6 Å². The van der Waals surface area contributed by atoms with Crippen LogP contribution in [0.1, 0.15) is 12.5 Å². The summed E-state index contributed by atoms with van der Waals surface area (Å²) in [6.45, 7) is 1.89. The lowest BCUT2D eigenvalue weighted by Gasteiger charge is -2.21. The average molecular weight is 444 g/mol. The van der Waals surface area contributed by atoms with E-state index in [4.69, 9.17) is 27.9 Å². The van der Waals surface area contributed by atoms with Crippen molar-refractivity contribution < 1.29 is 17.9 Å². The molecule has 0 atom stereocenters. The SMILES string of the molecule is CCOc1ccc(N(CC(=O)N/N=C\c2c(Cl)cccc2Cl)S(C)(=O)=O)cc1. The highest BCUT2D eigenvalue weighted by molar-refractivity contribution is 7.92. The summed E-state index contributed by atoms with van der Waals surface area (Å²) >= 11 is 12.0. The number of hydrazone groups is 1. The molecule has 2 aromatic rings. The maximum Gasteiger partial charge on any atom is 0.260 e. The number of amides is 1. The van der Waals surface area contributed by atoms with E-state index in [0.717, 1.165) is 10.6 Å². The van der Waals surface area contributed by atoms with Gasteiger partial charge in [0.15, 0.2) is 0 Å². The number of nitrogens with one attached hydrogen (secondary N) is 1. The minimum Gasteiger partial charge on any atom is -0.494 e. The van der Waals surface area contributed by atoms with Crippen molar-refractivity contribution in [1.82, 2.24) is 5.43 Å².